The average Bonchev–Trinajstić information content (AvgIpc) is 2.37. The van der Waals surface area contributed by atoms with Gasteiger partial charge in [-0.3, -0.25) is 24.0 Å². The summed E-state index contributed by atoms with van der Waals surface area (Å²) in [6.07, 6.45) is 1.02. The maximum Gasteiger partial charge on any atom is 0.350 e. The fraction of sp³-hybridized carbons (Fsp3) is 0.692. The molecule has 1 aromatic heterocycles. The van der Waals surface area contributed by atoms with Crippen molar-refractivity contribution in [1.82, 2.24) is 9.13 Å². The van der Waals surface area contributed by atoms with Crippen LogP contribution in [0.4, 0.5) is 5.69 Å². The third kappa shape index (κ3) is 3.81. The fourth-order valence-corrected chi connectivity index (χ4v) is 3.10. The van der Waals surface area contributed by atoms with Crippen LogP contribution in [0, 0.1) is 21.4 Å². The first-order chi connectivity index (χ1) is 9.63. The summed E-state index contributed by atoms with van der Waals surface area (Å²) in [7, 11) is 0. The highest BCUT2D eigenvalue weighted by atomic mass is 79.9. The summed E-state index contributed by atoms with van der Waals surface area (Å²) in [6, 6.07) is 0. The highest BCUT2D eigenvalue weighted by Gasteiger charge is 2.27. The zero-order chi connectivity index (χ0) is 16.4. The van der Waals surface area contributed by atoms with Crippen molar-refractivity contribution in [3.63, 3.8) is 0 Å². The van der Waals surface area contributed by atoms with Crippen molar-refractivity contribution in [2.24, 2.45) is 11.3 Å². The second-order valence-corrected chi connectivity index (χ2v) is 6.62. The standard InChI is InChI=1S/C13H20BrN3O4/c1-5-15-8-10(17(20)21)11(18)16(12(15)19)7-9(6-14)13(2,3)4/h8-9H,5-7H2,1-4H3. The van der Waals surface area contributed by atoms with E-state index in [-0.39, 0.29) is 24.4 Å². The van der Waals surface area contributed by atoms with Crippen LogP contribution < -0.4 is 11.2 Å². The Kier molecular flexibility index (Phi) is 5.49. The Morgan fingerprint density at radius 2 is 1.95 bits per heavy atom. The van der Waals surface area contributed by atoms with E-state index in [0.29, 0.717) is 5.33 Å². The van der Waals surface area contributed by atoms with Crippen LogP contribution in [0.2, 0.25) is 0 Å². The zero-order valence-electron chi connectivity index (χ0n) is 12.6. The molecule has 1 unspecified atom stereocenters. The minimum atomic E-state index is -0.843. The third-order valence-corrected chi connectivity index (χ3v) is 4.35. The second-order valence-electron chi connectivity index (χ2n) is 5.97. The lowest BCUT2D eigenvalue weighted by Gasteiger charge is -2.29. The number of halogens is 1. The summed E-state index contributed by atoms with van der Waals surface area (Å²) in [5.41, 5.74) is -2.07. The molecule has 0 saturated heterocycles. The molecule has 0 aromatic carbocycles. The van der Waals surface area contributed by atoms with Crippen molar-refractivity contribution in [3.05, 3.63) is 37.1 Å². The van der Waals surface area contributed by atoms with Gasteiger partial charge in [-0.15, -0.1) is 0 Å². The van der Waals surface area contributed by atoms with Gasteiger partial charge in [-0.25, -0.2) is 4.79 Å². The predicted molar refractivity (Wildman–Crippen MR) is 84.0 cm³/mol. The van der Waals surface area contributed by atoms with Crippen molar-refractivity contribution in [2.45, 2.75) is 40.8 Å². The number of alkyl halides is 1. The van der Waals surface area contributed by atoms with E-state index in [2.05, 4.69) is 15.9 Å². The van der Waals surface area contributed by atoms with E-state index in [0.717, 1.165) is 10.8 Å². The Morgan fingerprint density at radius 3 is 2.33 bits per heavy atom. The molecule has 8 heteroatoms. The molecule has 0 aliphatic heterocycles. The SMILES string of the molecule is CCn1cc([N+](=O)[O-])c(=O)n(CC(CBr)C(C)(C)C)c1=O. The van der Waals surface area contributed by atoms with Crippen LogP contribution in [0.5, 0.6) is 0 Å². The molecule has 0 aliphatic rings. The van der Waals surface area contributed by atoms with Gasteiger partial charge in [0.05, 0.1) is 11.1 Å². The molecule has 1 rings (SSSR count). The minimum Gasteiger partial charge on any atom is -0.294 e. The van der Waals surface area contributed by atoms with E-state index in [1.165, 1.54) is 4.57 Å². The lowest BCUT2D eigenvalue weighted by atomic mass is 9.82. The molecule has 1 heterocycles. The molecule has 7 nitrogen and oxygen atoms in total. The minimum absolute atomic E-state index is 0.00443. The first-order valence-corrected chi connectivity index (χ1v) is 7.80. The van der Waals surface area contributed by atoms with E-state index in [4.69, 9.17) is 0 Å². The molecule has 0 aliphatic carbocycles. The van der Waals surface area contributed by atoms with Crippen molar-refractivity contribution in [1.29, 1.82) is 0 Å². The molecule has 0 bridgehead atoms. The van der Waals surface area contributed by atoms with E-state index in [9.17, 15) is 19.7 Å². The van der Waals surface area contributed by atoms with Gasteiger partial charge in [0.1, 0.15) is 0 Å². The van der Waals surface area contributed by atoms with Crippen LogP contribution in [0.3, 0.4) is 0 Å². The van der Waals surface area contributed by atoms with Crippen molar-refractivity contribution < 1.29 is 4.92 Å². The highest BCUT2D eigenvalue weighted by molar-refractivity contribution is 9.09. The fourth-order valence-electron chi connectivity index (χ4n) is 1.93. The zero-order valence-corrected chi connectivity index (χ0v) is 14.2. The molecular weight excluding hydrogens is 342 g/mol. The molecule has 1 aromatic rings. The Bertz CT molecular complexity index is 642. The van der Waals surface area contributed by atoms with Gasteiger partial charge < -0.3 is 0 Å². The van der Waals surface area contributed by atoms with Crippen molar-refractivity contribution >= 4 is 21.6 Å². The monoisotopic (exact) mass is 361 g/mol. The first-order valence-electron chi connectivity index (χ1n) is 6.68. The van der Waals surface area contributed by atoms with Crippen LogP contribution in [0.25, 0.3) is 0 Å². The Labute approximate surface area is 130 Å². The number of nitrogens with zero attached hydrogens (tertiary/aromatic N) is 3. The van der Waals surface area contributed by atoms with Gasteiger partial charge in [0.25, 0.3) is 0 Å². The van der Waals surface area contributed by atoms with E-state index in [1.807, 2.05) is 20.8 Å². The summed E-state index contributed by atoms with van der Waals surface area (Å²) in [4.78, 5) is 34.7. The maximum atomic E-state index is 12.3. The van der Waals surface area contributed by atoms with Crippen LogP contribution in [0.1, 0.15) is 27.7 Å². The average molecular weight is 362 g/mol. The summed E-state index contributed by atoms with van der Waals surface area (Å²) in [6.45, 7) is 8.12. The van der Waals surface area contributed by atoms with Gasteiger partial charge in [0.15, 0.2) is 0 Å². The summed E-state index contributed by atoms with van der Waals surface area (Å²) in [5.74, 6) is -0.00443. The number of nitro groups is 1. The van der Waals surface area contributed by atoms with Crippen molar-refractivity contribution in [2.75, 3.05) is 5.33 Å². The number of rotatable bonds is 5. The van der Waals surface area contributed by atoms with Crippen LogP contribution in [-0.4, -0.2) is 19.4 Å². The molecule has 0 radical (unpaired) electrons. The topological polar surface area (TPSA) is 87.1 Å². The lowest BCUT2D eigenvalue weighted by molar-refractivity contribution is -0.387. The van der Waals surface area contributed by atoms with Gasteiger partial charge in [0, 0.05) is 18.4 Å². The van der Waals surface area contributed by atoms with Gasteiger partial charge in [-0.1, -0.05) is 36.7 Å². The van der Waals surface area contributed by atoms with Gasteiger partial charge in [-0.05, 0) is 18.3 Å². The summed E-state index contributed by atoms with van der Waals surface area (Å²) < 4.78 is 2.16. The Balaban J connectivity index is 3.48. The number of hydrogen-bond donors (Lipinski definition) is 0. The van der Waals surface area contributed by atoms with E-state index >= 15 is 0 Å². The first kappa shape index (κ1) is 17.6. The third-order valence-electron chi connectivity index (χ3n) is 3.57. The number of aryl methyl sites for hydroxylation is 1. The normalized spacial score (nSPS) is 13.2. The smallest absolute Gasteiger partial charge is 0.294 e. The molecule has 0 fully saturated rings. The molecule has 118 valence electrons. The molecular formula is C13H20BrN3O4. The Hall–Kier alpha value is -1.44. The molecule has 0 saturated carbocycles. The summed E-state index contributed by atoms with van der Waals surface area (Å²) >= 11 is 3.38. The molecule has 21 heavy (non-hydrogen) atoms. The molecule has 0 spiro atoms. The quantitative estimate of drug-likeness (QED) is 0.455. The van der Waals surface area contributed by atoms with Crippen LogP contribution >= 0.6 is 15.9 Å². The van der Waals surface area contributed by atoms with Crippen LogP contribution in [-0.2, 0) is 13.1 Å². The highest BCUT2D eigenvalue weighted by Crippen LogP contribution is 2.28. The van der Waals surface area contributed by atoms with Crippen LogP contribution in [0.15, 0.2) is 15.8 Å². The van der Waals surface area contributed by atoms with E-state index < -0.39 is 21.9 Å². The Morgan fingerprint density at radius 1 is 1.38 bits per heavy atom. The number of hydrogen-bond acceptors (Lipinski definition) is 4. The van der Waals surface area contributed by atoms with E-state index in [1.54, 1.807) is 6.92 Å². The maximum absolute atomic E-state index is 12.3. The summed E-state index contributed by atoms with van der Waals surface area (Å²) in [5, 5.41) is 11.6. The molecule has 0 amide bonds. The molecule has 1 atom stereocenters. The number of aromatic nitrogens is 2. The van der Waals surface area contributed by atoms with Gasteiger partial charge in [-0.2, -0.15) is 0 Å². The second kappa shape index (κ2) is 6.55. The predicted octanol–water partition coefficient (Wildman–Crippen LogP) is 2.00. The van der Waals surface area contributed by atoms with Gasteiger partial charge in [0.2, 0.25) is 0 Å². The van der Waals surface area contributed by atoms with Gasteiger partial charge >= 0.3 is 16.9 Å². The van der Waals surface area contributed by atoms with Crippen molar-refractivity contribution in [3.8, 4) is 0 Å². The molecule has 0 N–H and O–H groups in total. The largest absolute Gasteiger partial charge is 0.350 e. The lowest BCUT2D eigenvalue weighted by Crippen LogP contribution is -2.43.